The van der Waals surface area contributed by atoms with Crippen molar-refractivity contribution in [3.8, 4) is 0 Å². The molecule has 130 valence electrons. The number of rotatable bonds is 9. The standard InChI is InChI=1S/C18H27ClO3S/c1-2-3-4-7-14-13(15(19)11-16(14)20)8-5-6-12-9-10-17(23-12)18(21)22/h9-10,13-16,20H,2-8,11H2,1H3,(H,21,22)/t13-,14-,15+,16-/m1/s1. The van der Waals surface area contributed by atoms with Crippen LogP contribution in [0.5, 0.6) is 0 Å². The number of carboxylic acids is 1. The van der Waals surface area contributed by atoms with Gasteiger partial charge in [0, 0.05) is 10.3 Å². The maximum atomic E-state index is 10.9. The van der Waals surface area contributed by atoms with E-state index in [1.54, 1.807) is 6.07 Å². The number of alkyl halides is 1. The van der Waals surface area contributed by atoms with Crippen molar-refractivity contribution >= 4 is 28.9 Å². The van der Waals surface area contributed by atoms with Gasteiger partial charge in [-0.3, -0.25) is 0 Å². The third kappa shape index (κ3) is 5.20. The minimum absolute atomic E-state index is 0.0783. The number of aliphatic hydroxyl groups is 1. The van der Waals surface area contributed by atoms with E-state index in [4.69, 9.17) is 16.7 Å². The highest BCUT2D eigenvalue weighted by molar-refractivity contribution is 7.13. The Bertz CT molecular complexity index is 502. The number of hydrogen-bond acceptors (Lipinski definition) is 3. The first-order valence-electron chi connectivity index (χ1n) is 8.67. The molecular weight excluding hydrogens is 332 g/mol. The second kappa shape index (κ2) is 9.05. The summed E-state index contributed by atoms with van der Waals surface area (Å²) in [5, 5.41) is 19.3. The third-order valence-electron chi connectivity index (χ3n) is 4.95. The molecule has 0 unspecified atom stereocenters. The lowest BCUT2D eigenvalue weighted by molar-refractivity contribution is 0.0702. The van der Waals surface area contributed by atoms with Gasteiger partial charge in [-0.25, -0.2) is 4.79 Å². The lowest BCUT2D eigenvalue weighted by Crippen LogP contribution is -2.21. The molecule has 1 aliphatic carbocycles. The molecule has 23 heavy (non-hydrogen) atoms. The summed E-state index contributed by atoms with van der Waals surface area (Å²) in [6.07, 6.45) is 8.04. The first kappa shape index (κ1) is 18.8. The highest BCUT2D eigenvalue weighted by Crippen LogP contribution is 2.41. The molecule has 1 aromatic rings. The van der Waals surface area contributed by atoms with E-state index in [0.717, 1.165) is 30.6 Å². The highest BCUT2D eigenvalue weighted by atomic mass is 35.5. The van der Waals surface area contributed by atoms with Crippen molar-refractivity contribution < 1.29 is 15.0 Å². The Hall–Kier alpha value is -0.580. The number of aromatic carboxylic acids is 1. The lowest BCUT2D eigenvalue weighted by Gasteiger charge is -2.23. The van der Waals surface area contributed by atoms with Gasteiger partial charge >= 0.3 is 5.97 Å². The Morgan fingerprint density at radius 2 is 2.00 bits per heavy atom. The van der Waals surface area contributed by atoms with Crippen LogP contribution in [0.4, 0.5) is 0 Å². The number of thiophene rings is 1. The van der Waals surface area contributed by atoms with E-state index in [2.05, 4.69) is 6.92 Å². The Morgan fingerprint density at radius 3 is 2.65 bits per heavy atom. The quantitative estimate of drug-likeness (QED) is 0.484. The van der Waals surface area contributed by atoms with E-state index in [0.29, 0.717) is 23.1 Å². The van der Waals surface area contributed by atoms with Crippen molar-refractivity contribution in [1.82, 2.24) is 0 Å². The summed E-state index contributed by atoms with van der Waals surface area (Å²) in [5.74, 6) is -0.124. The van der Waals surface area contributed by atoms with Gasteiger partial charge in [0.2, 0.25) is 0 Å². The smallest absolute Gasteiger partial charge is 0.345 e. The summed E-state index contributed by atoms with van der Waals surface area (Å²) in [4.78, 5) is 12.4. The minimum Gasteiger partial charge on any atom is -0.477 e. The number of halogens is 1. The number of aryl methyl sites for hydroxylation is 1. The average molecular weight is 359 g/mol. The first-order valence-corrected chi connectivity index (χ1v) is 9.92. The van der Waals surface area contributed by atoms with Crippen LogP contribution < -0.4 is 0 Å². The maximum absolute atomic E-state index is 10.9. The average Bonchev–Trinajstić information content (AvgIpc) is 3.07. The zero-order valence-corrected chi connectivity index (χ0v) is 15.3. The van der Waals surface area contributed by atoms with Gasteiger partial charge in [0.25, 0.3) is 0 Å². The van der Waals surface area contributed by atoms with Crippen molar-refractivity contribution in [2.45, 2.75) is 69.8 Å². The normalized spacial score (nSPS) is 27.4. The van der Waals surface area contributed by atoms with Crippen LogP contribution in [0.2, 0.25) is 0 Å². The van der Waals surface area contributed by atoms with Gasteiger partial charge < -0.3 is 10.2 Å². The third-order valence-corrected chi connectivity index (χ3v) is 6.58. The van der Waals surface area contributed by atoms with Gasteiger partial charge in [-0.1, -0.05) is 26.2 Å². The summed E-state index contributed by atoms with van der Waals surface area (Å²) in [7, 11) is 0. The summed E-state index contributed by atoms with van der Waals surface area (Å²) in [5.41, 5.74) is 0. The Morgan fingerprint density at radius 1 is 1.26 bits per heavy atom. The van der Waals surface area contributed by atoms with Crippen molar-refractivity contribution in [3.63, 3.8) is 0 Å². The van der Waals surface area contributed by atoms with Crippen molar-refractivity contribution in [1.29, 1.82) is 0 Å². The van der Waals surface area contributed by atoms with E-state index in [1.165, 1.54) is 30.6 Å². The van der Waals surface area contributed by atoms with Gasteiger partial charge in [0.1, 0.15) is 4.88 Å². The molecule has 1 saturated carbocycles. The van der Waals surface area contributed by atoms with E-state index in [1.807, 2.05) is 6.07 Å². The molecule has 4 atom stereocenters. The fourth-order valence-corrected chi connectivity index (χ4v) is 5.09. The van der Waals surface area contributed by atoms with E-state index in [9.17, 15) is 9.90 Å². The van der Waals surface area contributed by atoms with Crippen LogP contribution in [0.3, 0.4) is 0 Å². The van der Waals surface area contributed by atoms with E-state index in [-0.39, 0.29) is 11.5 Å². The Kier molecular flexibility index (Phi) is 7.38. The SMILES string of the molecule is CCCCC[C@@H]1[C@@H](CCCc2ccc(C(=O)O)s2)[C@@H](Cl)C[C@H]1O. The number of hydrogen-bond donors (Lipinski definition) is 2. The molecule has 3 nitrogen and oxygen atoms in total. The molecule has 1 heterocycles. The highest BCUT2D eigenvalue weighted by Gasteiger charge is 2.40. The molecule has 0 spiro atoms. The molecule has 1 aliphatic rings. The molecule has 2 rings (SSSR count). The number of carboxylic acid groups (broad SMARTS) is 1. The van der Waals surface area contributed by atoms with Gasteiger partial charge in [-0.15, -0.1) is 22.9 Å². The molecule has 1 aromatic heterocycles. The lowest BCUT2D eigenvalue weighted by atomic mass is 9.86. The molecule has 0 aliphatic heterocycles. The molecule has 2 N–H and O–H groups in total. The van der Waals surface area contributed by atoms with Gasteiger partial charge in [0.05, 0.1) is 6.10 Å². The molecule has 5 heteroatoms. The van der Waals surface area contributed by atoms with Crippen molar-refractivity contribution in [2.24, 2.45) is 11.8 Å². The monoisotopic (exact) mass is 358 g/mol. The first-order chi connectivity index (χ1) is 11.0. The molecule has 0 amide bonds. The number of unbranched alkanes of at least 4 members (excludes halogenated alkanes) is 2. The number of carbonyl (C=O) groups is 1. The molecule has 0 aromatic carbocycles. The largest absolute Gasteiger partial charge is 0.477 e. The zero-order chi connectivity index (χ0) is 16.8. The van der Waals surface area contributed by atoms with Crippen LogP contribution in [0.1, 0.15) is 66.4 Å². The molecule has 0 saturated heterocycles. The predicted octanol–water partition coefficient (Wildman–Crippen LogP) is 4.95. The fourth-order valence-electron chi connectivity index (χ4n) is 3.70. The van der Waals surface area contributed by atoms with Gasteiger partial charge in [-0.05, 0) is 56.1 Å². The molecule has 0 bridgehead atoms. The molecular formula is C18H27ClO3S. The van der Waals surface area contributed by atoms with Crippen molar-refractivity contribution in [2.75, 3.05) is 0 Å². The summed E-state index contributed by atoms with van der Waals surface area (Å²) < 4.78 is 0. The molecule has 1 fully saturated rings. The van der Waals surface area contributed by atoms with Crippen LogP contribution in [0.25, 0.3) is 0 Å². The van der Waals surface area contributed by atoms with Crippen LogP contribution in [0.15, 0.2) is 12.1 Å². The predicted molar refractivity (Wildman–Crippen MR) is 95.6 cm³/mol. The van der Waals surface area contributed by atoms with Crippen molar-refractivity contribution in [3.05, 3.63) is 21.9 Å². The van der Waals surface area contributed by atoms with Gasteiger partial charge in [-0.2, -0.15) is 0 Å². The Labute approximate surface area is 147 Å². The fraction of sp³-hybridized carbons (Fsp3) is 0.722. The second-order valence-electron chi connectivity index (χ2n) is 6.61. The Balaban J connectivity index is 1.82. The summed E-state index contributed by atoms with van der Waals surface area (Å²) in [6.45, 7) is 2.19. The summed E-state index contributed by atoms with van der Waals surface area (Å²) >= 11 is 7.83. The van der Waals surface area contributed by atoms with E-state index >= 15 is 0 Å². The maximum Gasteiger partial charge on any atom is 0.345 e. The number of aliphatic hydroxyl groups excluding tert-OH is 1. The second-order valence-corrected chi connectivity index (χ2v) is 8.33. The van der Waals surface area contributed by atoms with Gasteiger partial charge in [0.15, 0.2) is 0 Å². The van der Waals surface area contributed by atoms with Crippen LogP contribution >= 0.6 is 22.9 Å². The zero-order valence-electron chi connectivity index (χ0n) is 13.7. The summed E-state index contributed by atoms with van der Waals surface area (Å²) in [6, 6.07) is 3.59. The van der Waals surface area contributed by atoms with Crippen LogP contribution in [-0.2, 0) is 6.42 Å². The van der Waals surface area contributed by atoms with Crippen LogP contribution in [0, 0.1) is 11.8 Å². The minimum atomic E-state index is -0.850. The van der Waals surface area contributed by atoms with Crippen LogP contribution in [-0.4, -0.2) is 27.7 Å². The molecule has 0 radical (unpaired) electrons. The topological polar surface area (TPSA) is 57.5 Å². The van der Waals surface area contributed by atoms with E-state index < -0.39 is 5.97 Å².